The molecule has 0 bridgehead atoms. The van der Waals surface area contributed by atoms with E-state index >= 15 is 0 Å². The Hall–Kier alpha value is -4.00. The van der Waals surface area contributed by atoms with Crippen molar-refractivity contribution in [1.29, 1.82) is 0 Å². The van der Waals surface area contributed by atoms with E-state index in [-0.39, 0.29) is 5.91 Å². The van der Waals surface area contributed by atoms with Gasteiger partial charge in [-0.05, 0) is 42.5 Å². The Bertz CT molecular complexity index is 1120. The van der Waals surface area contributed by atoms with Crippen molar-refractivity contribution in [1.82, 2.24) is 20.3 Å². The Morgan fingerprint density at radius 3 is 2.62 bits per heavy atom. The van der Waals surface area contributed by atoms with E-state index in [1.807, 2.05) is 48.5 Å². The number of nitrogens with zero attached hydrogens (tertiary/aromatic N) is 3. The van der Waals surface area contributed by atoms with Crippen LogP contribution < -0.4 is 16.0 Å². The fourth-order valence-corrected chi connectivity index (χ4v) is 2.86. The van der Waals surface area contributed by atoms with Crippen molar-refractivity contribution in [3.63, 3.8) is 0 Å². The molecule has 0 saturated heterocycles. The summed E-state index contributed by atoms with van der Waals surface area (Å²) in [4.78, 5) is 25.2. The summed E-state index contributed by atoms with van der Waals surface area (Å²) in [6, 6.07) is 20.9. The van der Waals surface area contributed by atoms with Gasteiger partial charge in [0.1, 0.15) is 5.82 Å². The summed E-state index contributed by atoms with van der Waals surface area (Å²) in [5.41, 5.74) is 2.25. The molecule has 0 atom stereocenters. The lowest BCUT2D eigenvalue weighted by Crippen LogP contribution is -2.28. The van der Waals surface area contributed by atoms with E-state index in [4.69, 9.17) is 0 Å². The van der Waals surface area contributed by atoms with Crippen molar-refractivity contribution in [3.8, 4) is 0 Å². The molecule has 4 aromatic rings. The third-order valence-electron chi connectivity index (χ3n) is 4.26. The van der Waals surface area contributed by atoms with Crippen LogP contribution in [-0.2, 0) is 0 Å². The third kappa shape index (κ3) is 4.84. The molecule has 0 radical (unpaired) electrons. The topological polar surface area (TPSA) is 91.8 Å². The first-order valence-corrected chi connectivity index (χ1v) is 9.30. The molecule has 0 spiro atoms. The molecule has 3 N–H and O–H groups in total. The molecule has 4 rings (SSSR count). The highest BCUT2D eigenvalue weighted by molar-refractivity contribution is 5.95. The van der Waals surface area contributed by atoms with Crippen molar-refractivity contribution in [2.24, 2.45) is 0 Å². The van der Waals surface area contributed by atoms with Crippen LogP contribution in [0.5, 0.6) is 0 Å². The van der Waals surface area contributed by atoms with Crippen LogP contribution in [0.1, 0.15) is 10.4 Å². The first-order valence-electron chi connectivity index (χ1n) is 9.30. The number of pyridine rings is 1. The fraction of sp³-hybridized carbons (Fsp3) is 0.0909. The monoisotopic (exact) mass is 384 g/mol. The van der Waals surface area contributed by atoms with Crippen LogP contribution in [0.4, 0.5) is 17.5 Å². The molecular weight excluding hydrogens is 364 g/mol. The minimum Gasteiger partial charge on any atom is -0.368 e. The molecule has 0 saturated carbocycles. The molecule has 0 aliphatic carbocycles. The van der Waals surface area contributed by atoms with E-state index in [1.54, 1.807) is 30.6 Å². The maximum Gasteiger partial charge on any atom is 0.251 e. The minimum absolute atomic E-state index is 0.143. The summed E-state index contributed by atoms with van der Waals surface area (Å²) in [7, 11) is 0. The smallest absolute Gasteiger partial charge is 0.251 e. The molecule has 2 aromatic carbocycles. The molecule has 2 heterocycles. The molecule has 0 aliphatic rings. The summed E-state index contributed by atoms with van der Waals surface area (Å²) < 4.78 is 0. The van der Waals surface area contributed by atoms with Gasteiger partial charge >= 0.3 is 0 Å². The molecule has 0 fully saturated rings. The molecule has 7 heteroatoms. The van der Waals surface area contributed by atoms with Crippen LogP contribution in [0.3, 0.4) is 0 Å². The second-order valence-electron chi connectivity index (χ2n) is 6.35. The van der Waals surface area contributed by atoms with Gasteiger partial charge in [0.2, 0.25) is 5.95 Å². The number of fused-ring (bicyclic) bond motifs is 1. The number of carbonyl (C=O) groups excluding carboxylic acids is 1. The number of amides is 1. The van der Waals surface area contributed by atoms with Crippen molar-refractivity contribution in [2.45, 2.75) is 0 Å². The Morgan fingerprint density at radius 1 is 0.862 bits per heavy atom. The number of benzene rings is 2. The van der Waals surface area contributed by atoms with Gasteiger partial charge in [-0.2, -0.15) is 0 Å². The molecular formula is C22H20N6O. The maximum atomic E-state index is 12.4. The Kier molecular flexibility index (Phi) is 5.57. The number of rotatable bonds is 7. The maximum absolute atomic E-state index is 12.4. The molecule has 144 valence electrons. The number of hydrogen-bond donors (Lipinski definition) is 3. The van der Waals surface area contributed by atoms with Gasteiger partial charge in [0.15, 0.2) is 0 Å². The molecule has 29 heavy (non-hydrogen) atoms. The summed E-state index contributed by atoms with van der Waals surface area (Å²) in [6.07, 6.45) is 3.31. The van der Waals surface area contributed by atoms with Crippen molar-refractivity contribution in [3.05, 3.63) is 84.7 Å². The van der Waals surface area contributed by atoms with Crippen LogP contribution in [0.2, 0.25) is 0 Å². The lowest BCUT2D eigenvalue weighted by molar-refractivity contribution is 0.0955. The number of aromatic nitrogens is 3. The highest BCUT2D eigenvalue weighted by Crippen LogP contribution is 2.15. The van der Waals surface area contributed by atoms with E-state index in [2.05, 4.69) is 30.9 Å². The lowest BCUT2D eigenvalue weighted by atomic mass is 10.2. The number of nitrogens with one attached hydrogen (secondary N) is 3. The van der Waals surface area contributed by atoms with Gasteiger partial charge in [0, 0.05) is 42.1 Å². The van der Waals surface area contributed by atoms with Gasteiger partial charge in [-0.15, -0.1) is 0 Å². The second-order valence-corrected chi connectivity index (χ2v) is 6.35. The zero-order chi connectivity index (χ0) is 19.9. The lowest BCUT2D eigenvalue weighted by Gasteiger charge is -2.09. The van der Waals surface area contributed by atoms with Gasteiger partial charge in [-0.25, -0.2) is 15.0 Å². The second kappa shape index (κ2) is 8.79. The van der Waals surface area contributed by atoms with Crippen molar-refractivity contribution >= 4 is 34.3 Å². The Labute approximate surface area is 168 Å². The predicted molar refractivity (Wildman–Crippen MR) is 114 cm³/mol. The highest BCUT2D eigenvalue weighted by atomic mass is 16.1. The normalized spacial score (nSPS) is 10.5. The van der Waals surface area contributed by atoms with E-state index in [0.29, 0.717) is 24.6 Å². The first kappa shape index (κ1) is 18.4. The summed E-state index contributed by atoms with van der Waals surface area (Å²) in [5.74, 6) is 1.13. The average molecular weight is 384 g/mol. The molecule has 0 aliphatic heterocycles. The van der Waals surface area contributed by atoms with Gasteiger partial charge < -0.3 is 16.0 Å². The summed E-state index contributed by atoms with van der Waals surface area (Å²) in [5, 5.41) is 10.3. The average Bonchev–Trinajstić information content (AvgIpc) is 2.77. The van der Waals surface area contributed by atoms with Gasteiger partial charge in [-0.3, -0.25) is 4.79 Å². The number of hydrogen-bond acceptors (Lipinski definition) is 6. The van der Waals surface area contributed by atoms with Gasteiger partial charge in [0.05, 0.1) is 5.52 Å². The van der Waals surface area contributed by atoms with Gasteiger partial charge in [-0.1, -0.05) is 24.3 Å². The molecule has 0 unspecified atom stereocenters. The zero-order valence-corrected chi connectivity index (χ0v) is 15.7. The SMILES string of the molecule is O=C(NCCNc1ccc2ccccc2n1)c1cccc(Nc2ncccn2)c1. The van der Waals surface area contributed by atoms with Gasteiger partial charge in [0.25, 0.3) is 5.91 Å². The van der Waals surface area contributed by atoms with E-state index in [1.165, 1.54) is 0 Å². The van der Waals surface area contributed by atoms with Crippen LogP contribution in [0.15, 0.2) is 79.1 Å². The zero-order valence-electron chi connectivity index (χ0n) is 15.7. The van der Waals surface area contributed by atoms with Crippen LogP contribution in [0, 0.1) is 0 Å². The Balaban J connectivity index is 1.29. The standard InChI is InChI=1S/C22H20N6O/c29-21(17-6-3-7-18(15-17)27-22-25-11-4-12-26-22)24-14-13-23-20-10-9-16-5-1-2-8-19(16)28-20/h1-12,15H,13-14H2,(H,23,28)(H,24,29)(H,25,26,27). The number of carbonyl (C=O) groups is 1. The molecule has 1 amide bonds. The predicted octanol–water partition coefficient (Wildman–Crippen LogP) is 3.61. The number of para-hydroxylation sites is 1. The van der Waals surface area contributed by atoms with Crippen LogP contribution in [-0.4, -0.2) is 33.9 Å². The van der Waals surface area contributed by atoms with E-state index in [0.717, 1.165) is 22.4 Å². The largest absolute Gasteiger partial charge is 0.368 e. The summed E-state index contributed by atoms with van der Waals surface area (Å²) >= 11 is 0. The minimum atomic E-state index is -0.143. The molecule has 2 aromatic heterocycles. The fourth-order valence-electron chi connectivity index (χ4n) is 2.86. The summed E-state index contributed by atoms with van der Waals surface area (Å²) in [6.45, 7) is 1.06. The third-order valence-corrected chi connectivity index (χ3v) is 4.26. The first-order chi connectivity index (χ1) is 14.3. The van der Waals surface area contributed by atoms with E-state index < -0.39 is 0 Å². The highest BCUT2D eigenvalue weighted by Gasteiger charge is 2.06. The van der Waals surface area contributed by atoms with Crippen molar-refractivity contribution < 1.29 is 4.79 Å². The van der Waals surface area contributed by atoms with Crippen LogP contribution in [0.25, 0.3) is 10.9 Å². The van der Waals surface area contributed by atoms with E-state index in [9.17, 15) is 4.79 Å². The molecule has 7 nitrogen and oxygen atoms in total. The van der Waals surface area contributed by atoms with Crippen LogP contribution >= 0.6 is 0 Å². The quantitative estimate of drug-likeness (QED) is 0.422. The number of anilines is 3. The Morgan fingerprint density at radius 2 is 1.72 bits per heavy atom. The van der Waals surface area contributed by atoms with Crippen molar-refractivity contribution in [2.75, 3.05) is 23.7 Å².